The van der Waals surface area contributed by atoms with Crippen LogP contribution >= 0.6 is 11.6 Å². The molecule has 22 heavy (non-hydrogen) atoms. The molecule has 0 atom stereocenters. The highest BCUT2D eigenvalue weighted by Gasteiger charge is 2.15. The highest BCUT2D eigenvalue weighted by molar-refractivity contribution is 6.31. The van der Waals surface area contributed by atoms with Crippen LogP contribution in [0.2, 0.25) is 5.02 Å². The first-order chi connectivity index (χ1) is 10.5. The van der Waals surface area contributed by atoms with Crippen LogP contribution in [0.1, 0.15) is 29.8 Å². The fourth-order valence-corrected chi connectivity index (χ4v) is 2.56. The fourth-order valence-electron chi connectivity index (χ4n) is 2.33. The number of ether oxygens (including phenoxy) is 1. The van der Waals surface area contributed by atoms with Crippen LogP contribution in [0.4, 0.5) is 5.69 Å². The quantitative estimate of drug-likeness (QED) is 0.758. The van der Waals surface area contributed by atoms with Gasteiger partial charge < -0.3 is 9.64 Å². The molecule has 0 aliphatic carbocycles. The SMILES string of the molecule is COC(=O)c1cc(Cl)cc(N(Cc2ccccc2)C(C)C)c1. The van der Waals surface area contributed by atoms with E-state index in [2.05, 4.69) is 30.9 Å². The lowest BCUT2D eigenvalue weighted by atomic mass is 10.1. The molecule has 0 aliphatic heterocycles. The van der Waals surface area contributed by atoms with E-state index in [1.54, 1.807) is 6.07 Å². The van der Waals surface area contributed by atoms with E-state index in [0.29, 0.717) is 10.6 Å². The number of benzene rings is 2. The minimum Gasteiger partial charge on any atom is -0.465 e. The smallest absolute Gasteiger partial charge is 0.337 e. The number of hydrogen-bond acceptors (Lipinski definition) is 3. The van der Waals surface area contributed by atoms with Gasteiger partial charge in [0, 0.05) is 23.3 Å². The molecule has 0 heterocycles. The van der Waals surface area contributed by atoms with Crippen LogP contribution in [0.25, 0.3) is 0 Å². The molecule has 0 N–H and O–H groups in total. The number of esters is 1. The van der Waals surface area contributed by atoms with E-state index in [1.807, 2.05) is 30.3 Å². The minimum absolute atomic E-state index is 0.268. The van der Waals surface area contributed by atoms with Crippen molar-refractivity contribution in [2.75, 3.05) is 12.0 Å². The maximum atomic E-state index is 11.8. The molecule has 0 saturated heterocycles. The molecule has 3 nitrogen and oxygen atoms in total. The number of methoxy groups -OCH3 is 1. The van der Waals surface area contributed by atoms with Crippen molar-refractivity contribution < 1.29 is 9.53 Å². The number of hydrogen-bond donors (Lipinski definition) is 0. The lowest BCUT2D eigenvalue weighted by molar-refractivity contribution is 0.0600. The van der Waals surface area contributed by atoms with Gasteiger partial charge in [-0.25, -0.2) is 4.79 Å². The summed E-state index contributed by atoms with van der Waals surface area (Å²) in [6.45, 7) is 4.97. The highest BCUT2D eigenvalue weighted by Crippen LogP contribution is 2.26. The van der Waals surface area contributed by atoms with Gasteiger partial charge in [-0.3, -0.25) is 0 Å². The second-order valence-corrected chi connectivity index (χ2v) is 5.83. The van der Waals surface area contributed by atoms with E-state index in [1.165, 1.54) is 12.7 Å². The van der Waals surface area contributed by atoms with Crippen molar-refractivity contribution in [1.82, 2.24) is 0 Å². The van der Waals surface area contributed by atoms with E-state index in [4.69, 9.17) is 16.3 Å². The maximum Gasteiger partial charge on any atom is 0.337 e. The molecule has 0 aromatic heterocycles. The predicted octanol–water partition coefficient (Wildman–Crippen LogP) is 4.54. The van der Waals surface area contributed by atoms with Crippen LogP contribution in [-0.4, -0.2) is 19.1 Å². The summed E-state index contributed by atoms with van der Waals surface area (Å²) in [5.41, 5.74) is 2.58. The number of anilines is 1. The molecule has 4 heteroatoms. The lowest BCUT2D eigenvalue weighted by Gasteiger charge is -2.29. The topological polar surface area (TPSA) is 29.5 Å². The zero-order chi connectivity index (χ0) is 16.1. The standard InChI is InChI=1S/C18H20ClNO2/c1-13(2)20(12-14-7-5-4-6-8-14)17-10-15(18(21)22-3)9-16(19)11-17/h4-11,13H,12H2,1-3H3. The Kier molecular flexibility index (Phi) is 5.45. The largest absolute Gasteiger partial charge is 0.465 e. The number of carbonyl (C=O) groups is 1. The van der Waals surface area contributed by atoms with Gasteiger partial charge in [0.25, 0.3) is 0 Å². The summed E-state index contributed by atoms with van der Waals surface area (Å²) in [5.74, 6) is -0.382. The summed E-state index contributed by atoms with van der Waals surface area (Å²) in [4.78, 5) is 14.0. The predicted molar refractivity (Wildman–Crippen MR) is 90.6 cm³/mol. The molecular formula is C18H20ClNO2. The summed E-state index contributed by atoms with van der Waals surface area (Å²) in [6.07, 6.45) is 0. The molecule has 0 saturated carbocycles. The van der Waals surface area contributed by atoms with Gasteiger partial charge in [0.15, 0.2) is 0 Å². The Morgan fingerprint density at radius 1 is 1.18 bits per heavy atom. The first-order valence-electron chi connectivity index (χ1n) is 7.20. The van der Waals surface area contributed by atoms with Gasteiger partial charge in [-0.05, 0) is 37.6 Å². The monoisotopic (exact) mass is 317 g/mol. The molecule has 0 spiro atoms. The molecule has 0 amide bonds. The van der Waals surface area contributed by atoms with Crippen molar-refractivity contribution in [1.29, 1.82) is 0 Å². The van der Waals surface area contributed by atoms with Crippen molar-refractivity contribution in [2.45, 2.75) is 26.4 Å². The zero-order valence-electron chi connectivity index (χ0n) is 13.0. The van der Waals surface area contributed by atoms with Crippen LogP contribution in [-0.2, 0) is 11.3 Å². The van der Waals surface area contributed by atoms with Gasteiger partial charge in [-0.15, -0.1) is 0 Å². The Morgan fingerprint density at radius 2 is 1.86 bits per heavy atom. The number of carbonyl (C=O) groups excluding carboxylic acids is 1. The van der Waals surface area contributed by atoms with Crippen LogP contribution in [0.5, 0.6) is 0 Å². The molecule has 0 aliphatic rings. The van der Waals surface area contributed by atoms with Gasteiger partial charge in [-0.2, -0.15) is 0 Å². The molecule has 116 valence electrons. The Morgan fingerprint density at radius 3 is 2.45 bits per heavy atom. The molecular weight excluding hydrogens is 298 g/mol. The molecule has 0 unspecified atom stereocenters. The van der Waals surface area contributed by atoms with Crippen LogP contribution in [0.15, 0.2) is 48.5 Å². The van der Waals surface area contributed by atoms with Crippen molar-refractivity contribution in [2.24, 2.45) is 0 Å². The summed E-state index contributed by atoms with van der Waals surface area (Å²) < 4.78 is 4.79. The molecule has 2 aromatic carbocycles. The summed E-state index contributed by atoms with van der Waals surface area (Å²) in [7, 11) is 1.37. The second kappa shape index (κ2) is 7.32. The van der Waals surface area contributed by atoms with E-state index in [-0.39, 0.29) is 12.0 Å². The number of rotatable bonds is 5. The molecule has 2 aromatic rings. The van der Waals surface area contributed by atoms with Crippen molar-refractivity contribution in [3.05, 3.63) is 64.7 Å². The highest BCUT2D eigenvalue weighted by atomic mass is 35.5. The van der Waals surface area contributed by atoms with Crippen molar-refractivity contribution in [3.63, 3.8) is 0 Å². The van der Waals surface area contributed by atoms with Crippen molar-refractivity contribution >= 4 is 23.3 Å². The van der Waals surface area contributed by atoms with Crippen molar-refractivity contribution in [3.8, 4) is 0 Å². The van der Waals surface area contributed by atoms with Crippen LogP contribution in [0, 0.1) is 0 Å². The molecule has 2 rings (SSSR count). The maximum absolute atomic E-state index is 11.8. The number of halogens is 1. The third-order valence-electron chi connectivity index (χ3n) is 3.45. The Labute approximate surface area is 136 Å². The van der Waals surface area contributed by atoms with Gasteiger partial charge in [-0.1, -0.05) is 41.9 Å². The normalized spacial score (nSPS) is 10.6. The average molecular weight is 318 g/mol. The van der Waals surface area contributed by atoms with Crippen LogP contribution in [0.3, 0.4) is 0 Å². The second-order valence-electron chi connectivity index (χ2n) is 5.40. The third kappa shape index (κ3) is 4.01. The lowest BCUT2D eigenvalue weighted by Crippen LogP contribution is -2.30. The van der Waals surface area contributed by atoms with E-state index in [9.17, 15) is 4.79 Å². The molecule has 0 bridgehead atoms. The van der Waals surface area contributed by atoms with E-state index >= 15 is 0 Å². The average Bonchev–Trinajstić information content (AvgIpc) is 2.51. The van der Waals surface area contributed by atoms with E-state index < -0.39 is 0 Å². The Balaban J connectivity index is 2.36. The first-order valence-corrected chi connectivity index (χ1v) is 7.58. The molecule has 0 fully saturated rings. The molecule has 0 radical (unpaired) electrons. The fraction of sp³-hybridized carbons (Fsp3) is 0.278. The zero-order valence-corrected chi connectivity index (χ0v) is 13.8. The number of nitrogens with zero attached hydrogens (tertiary/aromatic N) is 1. The van der Waals surface area contributed by atoms with Gasteiger partial charge >= 0.3 is 5.97 Å². The Hall–Kier alpha value is -2.00. The third-order valence-corrected chi connectivity index (χ3v) is 3.67. The Bertz CT molecular complexity index is 641. The van der Waals surface area contributed by atoms with Gasteiger partial charge in [0.05, 0.1) is 12.7 Å². The minimum atomic E-state index is -0.382. The summed E-state index contributed by atoms with van der Waals surface area (Å²) in [5, 5.41) is 0.525. The van der Waals surface area contributed by atoms with E-state index in [0.717, 1.165) is 12.2 Å². The van der Waals surface area contributed by atoms with Gasteiger partial charge in [0.2, 0.25) is 0 Å². The van der Waals surface area contributed by atoms with Crippen LogP contribution < -0.4 is 4.90 Å². The summed E-state index contributed by atoms with van der Waals surface area (Å²) in [6, 6.07) is 15.8. The first kappa shape index (κ1) is 16.4. The van der Waals surface area contributed by atoms with Gasteiger partial charge in [0.1, 0.15) is 0 Å². The summed E-state index contributed by atoms with van der Waals surface area (Å²) >= 11 is 6.17.